The summed E-state index contributed by atoms with van der Waals surface area (Å²) < 4.78 is 0. The summed E-state index contributed by atoms with van der Waals surface area (Å²) in [6.45, 7) is 2.60. The van der Waals surface area contributed by atoms with Crippen molar-refractivity contribution in [1.82, 2.24) is 15.5 Å². The second kappa shape index (κ2) is 6.11. The molecule has 7 heteroatoms. The molecule has 1 heterocycles. The molecule has 2 aliphatic rings. The Morgan fingerprint density at radius 2 is 1.85 bits per heavy atom. The molecule has 20 heavy (non-hydrogen) atoms. The van der Waals surface area contributed by atoms with Crippen LogP contribution in [0.1, 0.15) is 32.6 Å². The van der Waals surface area contributed by atoms with Crippen LogP contribution in [0, 0.1) is 5.92 Å². The molecule has 3 atom stereocenters. The normalized spacial score (nSPS) is 29.2. The van der Waals surface area contributed by atoms with Crippen LogP contribution in [0.5, 0.6) is 0 Å². The average molecular weight is 283 g/mol. The Morgan fingerprint density at radius 1 is 1.10 bits per heavy atom. The van der Waals surface area contributed by atoms with Gasteiger partial charge in [0.25, 0.3) is 0 Å². The second-order valence-corrected chi connectivity index (χ2v) is 5.63. The van der Waals surface area contributed by atoms with Crippen molar-refractivity contribution in [2.45, 2.75) is 44.7 Å². The highest BCUT2D eigenvalue weighted by molar-refractivity contribution is 5.76. The lowest BCUT2D eigenvalue weighted by atomic mass is 10.1. The van der Waals surface area contributed by atoms with Gasteiger partial charge in [0.2, 0.25) is 5.91 Å². The first-order valence-corrected chi connectivity index (χ1v) is 7.01. The standard InChI is InChI=1S/C13H21N3O4/c1-8(17)14-11-4-5-16(7-11)13(20)15-10-3-2-9(6-10)12(18)19/h9-11H,2-7H2,1H3,(H,14,17)(H,15,20)(H,18,19). The van der Waals surface area contributed by atoms with Gasteiger partial charge in [0, 0.05) is 32.1 Å². The summed E-state index contributed by atoms with van der Waals surface area (Å²) in [7, 11) is 0. The molecule has 2 fully saturated rings. The number of amides is 3. The second-order valence-electron chi connectivity index (χ2n) is 5.63. The number of nitrogens with zero attached hydrogens (tertiary/aromatic N) is 1. The van der Waals surface area contributed by atoms with Gasteiger partial charge in [0.15, 0.2) is 0 Å². The van der Waals surface area contributed by atoms with Crippen LogP contribution < -0.4 is 10.6 Å². The van der Waals surface area contributed by atoms with Crippen LogP contribution in [0.2, 0.25) is 0 Å². The average Bonchev–Trinajstić information content (AvgIpc) is 2.97. The first-order chi connectivity index (χ1) is 9.45. The maximum absolute atomic E-state index is 12.1. The summed E-state index contributed by atoms with van der Waals surface area (Å²) in [5.41, 5.74) is 0. The van der Waals surface area contributed by atoms with Gasteiger partial charge >= 0.3 is 12.0 Å². The van der Waals surface area contributed by atoms with E-state index in [1.807, 2.05) is 0 Å². The zero-order chi connectivity index (χ0) is 14.7. The van der Waals surface area contributed by atoms with Gasteiger partial charge in [-0.05, 0) is 25.7 Å². The van der Waals surface area contributed by atoms with Crippen molar-refractivity contribution in [3.05, 3.63) is 0 Å². The number of carboxylic acids is 1. The van der Waals surface area contributed by atoms with E-state index in [2.05, 4.69) is 10.6 Å². The van der Waals surface area contributed by atoms with Crippen molar-refractivity contribution in [3.63, 3.8) is 0 Å². The molecule has 0 bridgehead atoms. The Labute approximate surface area is 117 Å². The molecule has 0 aromatic carbocycles. The van der Waals surface area contributed by atoms with Crippen LogP contribution in [0.3, 0.4) is 0 Å². The minimum atomic E-state index is -0.784. The predicted molar refractivity (Wildman–Crippen MR) is 71.1 cm³/mol. The molecule has 0 spiro atoms. The van der Waals surface area contributed by atoms with Gasteiger partial charge in [-0.1, -0.05) is 0 Å². The van der Waals surface area contributed by atoms with Gasteiger partial charge in [-0.25, -0.2) is 4.79 Å². The number of nitrogens with one attached hydrogen (secondary N) is 2. The van der Waals surface area contributed by atoms with Gasteiger partial charge < -0.3 is 20.6 Å². The molecule has 3 amide bonds. The summed E-state index contributed by atoms with van der Waals surface area (Å²) in [5, 5.41) is 14.6. The highest BCUT2D eigenvalue weighted by atomic mass is 16.4. The van der Waals surface area contributed by atoms with Crippen LogP contribution in [-0.2, 0) is 9.59 Å². The summed E-state index contributed by atoms with van der Waals surface area (Å²) in [4.78, 5) is 35.6. The van der Waals surface area contributed by atoms with Crippen LogP contribution in [0.15, 0.2) is 0 Å². The van der Waals surface area contributed by atoms with Gasteiger partial charge in [0.05, 0.1) is 5.92 Å². The lowest BCUT2D eigenvalue weighted by molar-refractivity contribution is -0.141. The SMILES string of the molecule is CC(=O)NC1CCN(C(=O)NC2CCC(C(=O)O)C2)C1. The van der Waals surface area contributed by atoms with Gasteiger partial charge in [-0.2, -0.15) is 0 Å². The molecule has 2 rings (SSSR count). The molecule has 3 unspecified atom stereocenters. The summed E-state index contributed by atoms with van der Waals surface area (Å²) >= 11 is 0. The van der Waals surface area contributed by atoms with E-state index < -0.39 is 5.97 Å². The van der Waals surface area contributed by atoms with E-state index in [1.54, 1.807) is 4.90 Å². The molecular weight excluding hydrogens is 262 g/mol. The van der Waals surface area contributed by atoms with Crippen LogP contribution in [-0.4, -0.2) is 53.1 Å². The summed E-state index contributed by atoms with van der Waals surface area (Å²) in [6.07, 6.45) is 2.60. The topological polar surface area (TPSA) is 98.7 Å². The quantitative estimate of drug-likeness (QED) is 0.687. The largest absolute Gasteiger partial charge is 0.481 e. The van der Waals surface area contributed by atoms with E-state index in [9.17, 15) is 14.4 Å². The van der Waals surface area contributed by atoms with Crippen molar-refractivity contribution >= 4 is 17.9 Å². The van der Waals surface area contributed by atoms with Crippen molar-refractivity contribution in [3.8, 4) is 0 Å². The van der Waals surface area contributed by atoms with E-state index >= 15 is 0 Å². The zero-order valence-electron chi connectivity index (χ0n) is 11.6. The number of aliphatic carboxylic acids is 1. The maximum atomic E-state index is 12.1. The summed E-state index contributed by atoms with van der Waals surface area (Å²) in [5.74, 6) is -1.21. The molecular formula is C13H21N3O4. The third kappa shape index (κ3) is 3.61. The molecule has 1 saturated heterocycles. The zero-order valence-corrected chi connectivity index (χ0v) is 11.6. The number of hydrogen-bond donors (Lipinski definition) is 3. The van der Waals surface area contributed by atoms with Crippen molar-refractivity contribution in [2.75, 3.05) is 13.1 Å². The first-order valence-electron chi connectivity index (χ1n) is 7.01. The molecule has 7 nitrogen and oxygen atoms in total. The summed E-state index contributed by atoms with van der Waals surface area (Å²) in [6, 6.07) is -0.189. The van der Waals surface area contributed by atoms with Gasteiger partial charge in [0.1, 0.15) is 0 Å². The lowest BCUT2D eigenvalue weighted by Gasteiger charge is -2.20. The number of urea groups is 1. The van der Waals surface area contributed by atoms with E-state index in [0.717, 1.165) is 6.42 Å². The Hall–Kier alpha value is -1.79. The molecule has 112 valence electrons. The molecule has 0 aromatic heterocycles. The molecule has 3 N–H and O–H groups in total. The van der Waals surface area contributed by atoms with Gasteiger partial charge in [-0.3, -0.25) is 9.59 Å². The molecule has 1 aliphatic carbocycles. The van der Waals surface area contributed by atoms with Crippen LogP contribution in [0.4, 0.5) is 4.79 Å². The Morgan fingerprint density at radius 3 is 2.45 bits per heavy atom. The molecule has 0 radical (unpaired) electrons. The van der Waals surface area contributed by atoms with Gasteiger partial charge in [-0.15, -0.1) is 0 Å². The van der Waals surface area contributed by atoms with Crippen molar-refractivity contribution < 1.29 is 19.5 Å². The molecule has 0 aromatic rings. The predicted octanol–water partition coefficient (Wildman–Crippen LogP) is 0.160. The number of carboxylic acid groups (broad SMARTS) is 1. The van der Waals surface area contributed by atoms with E-state index in [-0.39, 0.29) is 29.9 Å². The smallest absolute Gasteiger partial charge is 0.317 e. The fourth-order valence-electron chi connectivity index (χ4n) is 2.95. The monoisotopic (exact) mass is 283 g/mol. The fraction of sp³-hybridized carbons (Fsp3) is 0.769. The maximum Gasteiger partial charge on any atom is 0.317 e. The number of carbonyl (C=O) groups is 3. The van der Waals surface area contributed by atoms with E-state index in [4.69, 9.17) is 5.11 Å². The Bertz CT molecular complexity index is 412. The number of rotatable bonds is 3. The Balaban J connectivity index is 1.76. The first kappa shape index (κ1) is 14.6. The number of hydrogen-bond acceptors (Lipinski definition) is 3. The number of carbonyl (C=O) groups excluding carboxylic acids is 2. The minimum absolute atomic E-state index is 0.0218. The molecule has 1 saturated carbocycles. The number of likely N-dealkylation sites (tertiary alicyclic amines) is 1. The minimum Gasteiger partial charge on any atom is -0.481 e. The highest BCUT2D eigenvalue weighted by Gasteiger charge is 2.33. The fourth-order valence-corrected chi connectivity index (χ4v) is 2.95. The highest BCUT2D eigenvalue weighted by Crippen LogP contribution is 2.26. The van der Waals surface area contributed by atoms with Crippen LogP contribution >= 0.6 is 0 Å². The van der Waals surface area contributed by atoms with Crippen LogP contribution in [0.25, 0.3) is 0 Å². The third-order valence-electron chi connectivity index (χ3n) is 3.99. The van der Waals surface area contributed by atoms with Crippen molar-refractivity contribution in [1.29, 1.82) is 0 Å². The third-order valence-corrected chi connectivity index (χ3v) is 3.99. The molecule has 1 aliphatic heterocycles. The van der Waals surface area contributed by atoms with Crippen molar-refractivity contribution in [2.24, 2.45) is 5.92 Å². The van der Waals surface area contributed by atoms with E-state index in [1.165, 1.54) is 6.92 Å². The Kier molecular flexibility index (Phi) is 4.46. The van der Waals surface area contributed by atoms with E-state index in [0.29, 0.717) is 32.4 Å². The lowest BCUT2D eigenvalue weighted by Crippen LogP contribution is -2.44.